The molecule has 0 amide bonds. The largest absolute Gasteiger partial charge is 0.388 e. The van der Waals surface area contributed by atoms with Crippen LogP contribution in [-0.4, -0.2) is 43.4 Å². The third-order valence-corrected chi connectivity index (χ3v) is 3.40. The highest BCUT2D eigenvalue weighted by molar-refractivity contribution is 5.85. The van der Waals surface area contributed by atoms with Gasteiger partial charge in [-0.25, -0.2) is 0 Å². The van der Waals surface area contributed by atoms with E-state index in [1.165, 1.54) is 6.08 Å². The van der Waals surface area contributed by atoms with Crippen LogP contribution in [0.15, 0.2) is 23.1 Å². The lowest BCUT2D eigenvalue weighted by atomic mass is 10.1. The van der Waals surface area contributed by atoms with Gasteiger partial charge in [0, 0.05) is 12.7 Å². The van der Waals surface area contributed by atoms with E-state index in [0.29, 0.717) is 17.6 Å². The number of nitrogens with zero attached hydrogens (tertiary/aromatic N) is 1. The Morgan fingerprint density at radius 3 is 2.68 bits per heavy atom. The highest BCUT2D eigenvalue weighted by atomic mass is 35.5. The zero-order valence-electron chi connectivity index (χ0n) is 11.3. The Morgan fingerprint density at radius 1 is 1.32 bits per heavy atom. The molecule has 1 aliphatic carbocycles. The van der Waals surface area contributed by atoms with Crippen molar-refractivity contribution in [3.63, 3.8) is 0 Å². The van der Waals surface area contributed by atoms with Crippen LogP contribution < -0.4 is 16.6 Å². The molecule has 122 valence electrons. The Hall–Kier alpha value is -1.58. The van der Waals surface area contributed by atoms with E-state index in [2.05, 4.69) is 20.3 Å². The second-order valence-electron chi connectivity index (χ2n) is 4.76. The number of nitrogens with two attached hydrogens (primary N) is 1. The molecule has 0 aromatic carbocycles. The summed E-state index contributed by atoms with van der Waals surface area (Å²) < 4.78 is 0. The van der Waals surface area contributed by atoms with Gasteiger partial charge in [-0.3, -0.25) is 9.78 Å². The van der Waals surface area contributed by atoms with Gasteiger partial charge >= 0.3 is 0 Å². The summed E-state index contributed by atoms with van der Waals surface area (Å²) in [6, 6.07) is -0.351. The van der Waals surface area contributed by atoms with Gasteiger partial charge < -0.3 is 26.2 Å². The van der Waals surface area contributed by atoms with Gasteiger partial charge in [0.2, 0.25) is 5.95 Å². The first-order valence-corrected chi connectivity index (χ1v) is 6.20. The number of fused-ring (bicyclic) bond motifs is 1. The SMILES string of the molecule is Cl.Cl.Nc1nc2[nH]cc(CN[C@H]3C=C[C@H](O)[C@@H]3O)c2c(=O)[nH]1. The molecule has 0 saturated carbocycles. The van der Waals surface area contributed by atoms with Gasteiger partial charge in [-0.15, -0.1) is 24.8 Å². The smallest absolute Gasteiger partial charge is 0.262 e. The number of aromatic nitrogens is 3. The Balaban J connectivity index is 0.00000121. The number of aliphatic hydroxyl groups excluding tert-OH is 2. The summed E-state index contributed by atoms with van der Waals surface area (Å²) in [6.07, 6.45) is 3.16. The van der Waals surface area contributed by atoms with E-state index in [9.17, 15) is 15.0 Å². The van der Waals surface area contributed by atoms with E-state index in [1.807, 2.05) is 0 Å². The van der Waals surface area contributed by atoms with Gasteiger partial charge in [0.1, 0.15) is 11.8 Å². The zero-order valence-corrected chi connectivity index (χ0v) is 12.9. The molecule has 22 heavy (non-hydrogen) atoms. The summed E-state index contributed by atoms with van der Waals surface area (Å²) in [7, 11) is 0. The molecule has 7 N–H and O–H groups in total. The molecule has 0 aliphatic heterocycles. The number of nitrogens with one attached hydrogen (secondary N) is 3. The summed E-state index contributed by atoms with van der Waals surface area (Å²) in [6.45, 7) is 0.355. The molecule has 2 aromatic rings. The molecule has 2 heterocycles. The lowest BCUT2D eigenvalue weighted by molar-refractivity contribution is 0.0441. The van der Waals surface area contributed by atoms with Gasteiger partial charge in [-0.2, -0.15) is 4.98 Å². The Bertz CT molecular complexity index is 729. The minimum Gasteiger partial charge on any atom is -0.388 e. The third kappa shape index (κ3) is 3.26. The minimum atomic E-state index is -0.882. The molecule has 0 saturated heterocycles. The third-order valence-electron chi connectivity index (χ3n) is 3.40. The molecule has 3 rings (SSSR count). The quantitative estimate of drug-likeness (QED) is 0.410. The van der Waals surface area contributed by atoms with E-state index in [4.69, 9.17) is 5.73 Å². The van der Waals surface area contributed by atoms with Crippen molar-refractivity contribution in [1.82, 2.24) is 20.3 Å². The summed E-state index contributed by atoms with van der Waals surface area (Å²) in [5, 5.41) is 22.6. The molecule has 2 aromatic heterocycles. The van der Waals surface area contributed by atoms with Crippen LogP contribution in [-0.2, 0) is 6.54 Å². The maximum Gasteiger partial charge on any atom is 0.262 e. The molecule has 0 spiro atoms. The van der Waals surface area contributed by atoms with Crippen LogP contribution in [0.1, 0.15) is 5.56 Å². The molecular formula is C12H17Cl2N5O3. The number of hydrogen-bond donors (Lipinski definition) is 6. The predicted molar refractivity (Wildman–Crippen MR) is 87.4 cm³/mol. The van der Waals surface area contributed by atoms with Gasteiger partial charge in [-0.05, 0) is 5.56 Å². The van der Waals surface area contributed by atoms with Crippen molar-refractivity contribution in [3.8, 4) is 0 Å². The van der Waals surface area contributed by atoms with Crippen molar-refractivity contribution >= 4 is 41.8 Å². The fourth-order valence-electron chi connectivity index (χ4n) is 2.35. The van der Waals surface area contributed by atoms with E-state index in [0.717, 1.165) is 5.56 Å². The molecule has 3 atom stereocenters. The molecule has 0 bridgehead atoms. The van der Waals surface area contributed by atoms with E-state index in [-0.39, 0.29) is 42.4 Å². The number of rotatable bonds is 3. The highest BCUT2D eigenvalue weighted by Gasteiger charge is 2.27. The molecule has 10 heteroatoms. The number of hydrogen-bond acceptors (Lipinski definition) is 6. The van der Waals surface area contributed by atoms with Gasteiger partial charge in [0.15, 0.2) is 0 Å². The standard InChI is InChI=1S/C12H15N5O3.2ClH/c13-12-16-10-8(11(20)17-12)5(4-15-10)3-14-6-1-2-7(18)9(6)19;;/h1-2,4,6-7,9,14,18-19H,3H2,(H4,13,15,16,17,20);2*1H/t6-,7-,9+;;/m0../s1. The molecular weight excluding hydrogens is 333 g/mol. The number of H-pyrrole nitrogens is 2. The maximum absolute atomic E-state index is 11.9. The second kappa shape index (κ2) is 7.12. The average molecular weight is 350 g/mol. The van der Waals surface area contributed by atoms with Crippen molar-refractivity contribution < 1.29 is 10.2 Å². The molecule has 0 unspecified atom stereocenters. The van der Waals surface area contributed by atoms with Gasteiger partial charge in [-0.1, -0.05) is 12.2 Å². The summed E-state index contributed by atoms with van der Waals surface area (Å²) >= 11 is 0. The summed E-state index contributed by atoms with van der Waals surface area (Å²) in [4.78, 5) is 21.2. The number of aliphatic hydroxyl groups is 2. The van der Waals surface area contributed by atoms with Crippen molar-refractivity contribution in [2.45, 2.75) is 24.8 Å². The van der Waals surface area contributed by atoms with Crippen molar-refractivity contribution in [3.05, 3.63) is 34.3 Å². The second-order valence-corrected chi connectivity index (χ2v) is 4.76. The number of aromatic amines is 2. The van der Waals surface area contributed by atoms with Crippen LogP contribution in [0.5, 0.6) is 0 Å². The first kappa shape index (κ1) is 18.5. The van der Waals surface area contributed by atoms with E-state index in [1.54, 1.807) is 12.3 Å². The average Bonchev–Trinajstić information content (AvgIpc) is 2.93. The Labute approximate surface area is 137 Å². The number of anilines is 1. The van der Waals surface area contributed by atoms with E-state index >= 15 is 0 Å². The lowest BCUT2D eigenvalue weighted by Gasteiger charge is -2.17. The molecule has 0 fully saturated rings. The van der Waals surface area contributed by atoms with Crippen molar-refractivity contribution in [1.29, 1.82) is 0 Å². The molecule has 8 nitrogen and oxygen atoms in total. The monoisotopic (exact) mass is 349 g/mol. The van der Waals surface area contributed by atoms with Gasteiger partial charge in [0.25, 0.3) is 5.56 Å². The summed E-state index contributed by atoms with van der Waals surface area (Å²) in [5.74, 6) is 0.0566. The first-order valence-electron chi connectivity index (χ1n) is 6.20. The van der Waals surface area contributed by atoms with Crippen LogP contribution >= 0.6 is 24.8 Å². The minimum absolute atomic E-state index is 0. The van der Waals surface area contributed by atoms with Crippen molar-refractivity contribution in [2.24, 2.45) is 0 Å². The van der Waals surface area contributed by atoms with E-state index < -0.39 is 12.2 Å². The normalized spacial score (nSPS) is 23.3. The Kier molecular flexibility index (Phi) is 5.98. The molecule has 1 aliphatic rings. The molecule has 0 radical (unpaired) electrons. The maximum atomic E-state index is 11.9. The Morgan fingerprint density at radius 2 is 2.05 bits per heavy atom. The highest BCUT2D eigenvalue weighted by Crippen LogP contribution is 2.15. The van der Waals surface area contributed by atoms with Crippen LogP contribution in [0.2, 0.25) is 0 Å². The fourth-order valence-corrected chi connectivity index (χ4v) is 2.35. The topological polar surface area (TPSA) is 140 Å². The van der Waals surface area contributed by atoms with Crippen LogP contribution in [0.3, 0.4) is 0 Å². The summed E-state index contributed by atoms with van der Waals surface area (Å²) in [5.41, 5.74) is 6.30. The number of halogens is 2. The van der Waals surface area contributed by atoms with Crippen LogP contribution in [0.25, 0.3) is 11.0 Å². The lowest BCUT2D eigenvalue weighted by Crippen LogP contribution is -2.40. The number of nitrogen functional groups attached to an aromatic ring is 1. The zero-order chi connectivity index (χ0) is 14.3. The van der Waals surface area contributed by atoms with Gasteiger partial charge in [0.05, 0.1) is 17.5 Å². The predicted octanol–water partition coefficient (Wildman–Crippen LogP) is -0.573. The van der Waals surface area contributed by atoms with Crippen molar-refractivity contribution in [2.75, 3.05) is 5.73 Å². The van der Waals surface area contributed by atoms with Crippen LogP contribution in [0, 0.1) is 0 Å². The fraction of sp³-hybridized carbons (Fsp3) is 0.333. The first-order chi connectivity index (χ1) is 9.56. The van der Waals surface area contributed by atoms with Crippen LogP contribution in [0.4, 0.5) is 5.95 Å².